The topological polar surface area (TPSA) is 112 Å². The molecule has 1 aliphatic rings. The Hall–Kier alpha value is -2.17. The molecule has 1 aromatic heterocycles. The second-order valence-corrected chi connectivity index (χ2v) is 9.91. The summed E-state index contributed by atoms with van der Waals surface area (Å²) < 4.78 is 26.9. The van der Waals surface area contributed by atoms with Gasteiger partial charge in [-0.2, -0.15) is 4.31 Å². The molecular weight excluding hydrogens is 424 g/mol. The molecule has 2 aromatic rings. The van der Waals surface area contributed by atoms with Crippen molar-refractivity contribution in [1.29, 1.82) is 0 Å². The Bertz CT molecular complexity index is 1060. The van der Waals surface area contributed by atoms with Crippen molar-refractivity contribution in [2.24, 2.45) is 0 Å². The van der Waals surface area contributed by atoms with Crippen molar-refractivity contribution < 1.29 is 13.2 Å². The maximum atomic E-state index is 12.7. The average molecular weight is 451 g/mol. The number of amides is 1. The van der Waals surface area contributed by atoms with Gasteiger partial charge < -0.3 is 10.3 Å². The zero-order chi connectivity index (χ0) is 21.7. The van der Waals surface area contributed by atoms with Crippen LogP contribution in [0.4, 0.5) is 5.69 Å². The summed E-state index contributed by atoms with van der Waals surface area (Å²) in [5.41, 5.74) is 1.39. The van der Waals surface area contributed by atoms with Gasteiger partial charge in [-0.3, -0.25) is 9.59 Å². The van der Waals surface area contributed by atoms with Gasteiger partial charge in [0.05, 0.1) is 4.90 Å². The molecule has 2 N–H and O–H groups in total. The van der Waals surface area contributed by atoms with Gasteiger partial charge >= 0.3 is 0 Å². The molecule has 1 saturated heterocycles. The van der Waals surface area contributed by atoms with Crippen molar-refractivity contribution in [2.75, 3.05) is 24.7 Å². The van der Waals surface area contributed by atoms with Gasteiger partial charge in [0.15, 0.2) is 5.16 Å². The Morgan fingerprint density at radius 3 is 2.47 bits per heavy atom. The van der Waals surface area contributed by atoms with Crippen LogP contribution < -0.4 is 10.9 Å². The van der Waals surface area contributed by atoms with Gasteiger partial charge in [-0.05, 0) is 56.7 Å². The van der Waals surface area contributed by atoms with E-state index in [1.54, 1.807) is 19.1 Å². The van der Waals surface area contributed by atoms with Crippen molar-refractivity contribution in [3.63, 3.8) is 0 Å². The number of piperidine rings is 1. The smallest absolute Gasteiger partial charge is 0.254 e. The van der Waals surface area contributed by atoms with E-state index in [-0.39, 0.29) is 29.2 Å². The first kappa shape index (κ1) is 22.5. The number of thioether (sulfide) groups is 1. The summed E-state index contributed by atoms with van der Waals surface area (Å²) in [6, 6.07) is 6.20. The maximum absolute atomic E-state index is 12.7. The molecule has 162 valence electrons. The number of anilines is 1. The van der Waals surface area contributed by atoms with Crippen LogP contribution >= 0.6 is 11.8 Å². The van der Waals surface area contributed by atoms with Crippen molar-refractivity contribution in [3.8, 4) is 0 Å². The van der Waals surface area contributed by atoms with E-state index in [0.29, 0.717) is 35.2 Å². The molecule has 1 fully saturated rings. The Morgan fingerprint density at radius 2 is 1.87 bits per heavy atom. The van der Waals surface area contributed by atoms with Crippen LogP contribution in [0.2, 0.25) is 0 Å². The number of aromatic nitrogens is 2. The second kappa shape index (κ2) is 9.76. The number of hydrogen-bond acceptors (Lipinski definition) is 6. The van der Waals surface area contributed by atoms with Crippen molar-refractivity contribution in [3.05, 3.63) is 45.9 Å². The summed E-state index contributed by atoms with van der Waals surface area (Å²) in [5, 5.41) is 3.29. The number of aryl methyl sites for hydroxylation is 1. The van der Waals surface area contributed by atoms with Crippen LogP contribution in [0, 0.1) is 6.92 Å². The number of carbonyl (C=O) groups is 1. The third-order valence-electron chi connectivity index (χ3n) is 5.09. The van der Waals surface area contributed by atoms with E-state index in [1.165, 1.54) is 28.2 Å². The van der Waals surface area contributed by atoms with Crippen molar-refractivity contribution in [1.82, 2.24) is 14.3 Å². The normalized spacial score (nSPS) is 15.1. The predicted molar refractivity (Wildman–Crippen MR) is 117 cm³/mol. The van der Waals surface area contributed by atoms with Crippen molar-refractivity contribution in [2.45, 2.75) is 49.1 Å². The SMILES string of the molecule is CSc1nc(C)c(CCC(=O)Nc2ccc(S(=O)(=O)N3CCCCC3)cc2)c(=O)[nH]1. The molecule has 1 amide bonds. The number of nitrogens with one attached hydrogen (secondary N) is 2. The van der Waals surface area contributed by atoms with Crippen LogP contribution in [-0.4, -0.2) is 47.9 Å². The van der Waals surface area contributed by atoms with Gasteiger partial charge in [0.1, 0.15) is 0 Å². The highest BCUT2D eigenvalue weighted by atomic mass is 32.2. The molecule has 30 heavy (non-hydrogen) atoms. The molecule has 10 heteroatoms. The summed E-state index contributed by atoms with van der Waals surface area (Å²) >= 11 is 1.35. The summed E-state index contributed by atoms with van der Waals surface area (Å²) in [6.07, 6.45) is 5.04. The maximum Gasteiger partial charge on any atom is 0.254 e. The van der Waals surface area contributed by atoms with Crippen LogP contribution in [0.1, 0.15) is 36.9 Å². The molecule has 0 saturated carbocycles. The number of carbonyl (C=O) groups excluding carboxylic acids is 1. The third-order valence-corrected chi connectivity index (χ3v) is 7.58. The second-order valence-electron chi connectivity index (χ2n) is 7.18. The lowest BCUT2D eigenvalue weighted by Gasteiger charge is -2.25. The number of aromatic amines is 1. The summed E-state index contributed by atoms with van der Waals surface area (Å²) in [5.74, 6) is -0.255. The summed E-state index contributed by atoms with van der Waals surface area (Å²) in [4.78, 5) is 31.7. The molecule has 0 radical (unpaired) electrons. The third kappa shape index (κ3) is 5.30. The van der Waals surface area contributed by atoms with E-state index in [4.69, 9.17) is 0 Å². The van der Waals surface area contributed by atoms with E-state index in [1.807, 2.05) is 6.26 Å². The quantitative estimate of drug-likeness (QED) is 0.495. The van der Waals surface area contributed by atoms with Crippen molar-refractivity contribution >= 4 is 33.4 Å². The highest BCUT2D eigenvalue weighted by Crippen LogP contribution is 2.22. The Morgan fingerprint density at radius 1 is 1.20 bits per heavy atom. The molecular formula is C20H26N4O4S2. The zero-order valence-electron chi connectivity index (χ0n) is 17.1. The number of nitrogens with zero attached hydrogens (tertiary/aromatic N) is 2. The fraction of sp³-hybridized carbons (Fsp3) is 0.450. The molecule has 0 bridgehead atoms. The fourth-order valence-corrected chi connectivity index (χ4v) is 5.34. The van der Waals surface area contributed by atoms with Crippen LogP contribution in [0.3, 0.4) is 0 Å². The first-order valence-electron chi connectivity index (χ1n) is 9.85. The van der Waals surface area contributed by atoms with Gasteiger partial charge in [0.2, 0.25) is 15.9 Å². The fourth-order valence-electron chi connectivity index (χ4n) is 3.40. The zero-order valence-corrected chi connectivity index (χ0v) is 18.7. The molecule has 2 heterocycles. The van der Waals surface area contributed by atoms with E-state index >= 15 is 0 Å². The van der Waals surface area contributed by atoms with Crippen LogP contribution in [0.15, 0.2) is 39.1 Å². The first-order chi connectivity index (χ1) is 14.3. The predicted octanol–water partition coefficient (Wildman–Crippen LogP) is 2.55. The lowest BCUT2D eigenvalue weighted by molar-refractivity contribution is -0.116. The molecule has 0 aliphatic carbocycles. The Labute approximate surface area is 180 Å². The van der Waals surface area contributed by atoms with E-state index < -0.39 is 10.0 Å². The summed E-state index contributed by atoms with van der Waals surface area (Å²) in [7, 11) is -3.50. The Balaban J connectivity index is 1.60. The molecule has 3 rings (SSSR count). The van der Waals surface area contributed by atoms with Crippen LogP contribution in [-0.2, 0) is 21.2 Å². The van der Waals surface area contributed by atoms with Crippen LogP contribution in [0.25, 0.3) is 0 Å². The van der Waals surface area contributed by atoms with Gasteiger partial charge in [-0.25, -0.2) is 13.4 Å². The lowest BCUT2D eigenvalue weighted by atomic mass is 10.1. The van der Waals surface area contributed by atoms with Gasteiger partial charge in [-0.1, -0.05) is 18.2 Å². The summed E-state index contributed by atoms with van der Waals surface area (Å²) in [6.45, 7) is 2.85. The van der Waals surface area contributed by atoms with E-state index in [2.05, 4.69) is 15.3 Å². The Kier molecular flexibility index (Phi) is 7.32. The molecule has 1 aliphatic heterocycles. The highest BCUT2D eigenvalue weighted by Gasteiger charge is 2.25. The van der Waals surface area contributed by atoms with Gasteiger partial charge in [-0.15, -0.1) is 0 Å². The highest BCUT2D eigenvalue weighted by molar-refractivity contribution is 7.98. The minimum absolute atomic E-state index is 0.123. The number of benzene rings is 1. The number of H-pyrrole nitrogens is 1. The molecule has 0 spiro atoms. The molecule has 1 aromatic carbocycles. The minimum atomic E-state index is -3.50. The number of hydrogen-bond donors (Lipinski definition) is 2. The monoisotopic (exact) mass is 450 g/mol. The lowest BCUT2D eigenvalue weighted by Crippen LogP contribution is -2.35. The van der Waals surface area contributed by atoms with E-state index in [0.717, 1.165) is 19.3 Å². The molecule has 8 nitrogen and oxygen atoms in total. The van der Waals surface area contributed by atoms with Crippen LogP contribution in [0.5, 0.6) is 0 Å². The van der Waals surface area contributed by atoms with Gasteiger partial charge in [0, 0.05) is 36.5 Å². The largest absolute Gasteiger partial charge is 0.326 e. The van der Waals surface area contributed by atoms with Gasteiger partial charge in [0.25, 0.3) is 5.56 Å². The van der Waals surface area contributed by atoms with E-state index in [9.17, 15) is 18.0 Å². The molecule has 0 atom stereocenters. The number of sulfonamides is 1. The molecule has 0 unspecified atom stereocenters. The minimum Gasteiger partial charge on any atom is -0.326 e. The average Bonchev–Trinajstić information content (AvgIpc) is 2.74. The number of rotatable bonds is 7. The standard InChI is InChI=1S/C20H26N4O4S2/c1-14-17(19(26)23-20(21-14)29-2)10-11-18(25)22-15-6-8-16(9-7-15)30(27,28)24-12-4-3-5-13-24/h6-9H,3-5,10-13H2,1-2H3,(H,22,25)(H,21,23,26). The first-order valence-corrected chi connectivity index (χ1v) is 12.5.